The molecule has 0 bridgehead atoms. The standard InChI is InChI=1S/C13H11F2NO3S/c1-6-7(2)20-11(16-6)5-19-12-9(14)3-8(13(17)18)4-10(12)15/h3-4H,5H2,1-2H3,(H,17,18). The van der Waals surface area contributed by atoms with Crippen molar-refractivity contribution in [1.82, 2.24) is 4.98 Å². The summed E-state index contributed by atoms with van der Waals surface area (Å²) in [5.41, 5.74) is 0.379. The van der Waals surface area contributed by atoms with E-state index in [4.69, 9.17) is 9.84 Å². The van der Waals surface area contributed by atoms with E-state index < -0.39 is 28.9 Å². The summed E-state index contributed by atoms with van der Waals surface area (Å²) in [6.07, 6.45) is 0. The number of thiazole rings is 1. The van der Waals surface area contributed by atoms with Gasteiger partial charge in [0, 0.05) is 4.88 Å². The van der Waals surface area contributed by atoms with Gasteiger partial charge in [-0.05, 0) is 26.0 Å². The third-order valence-electron chi connectivity index (χ3n) is 2.66. The molecule has 0 aliphatic rings. The Kier molecular flexibility index (Phi) is 3.99. The van der Waals surface area contributed by atoms with E-state index in [0.29, 0.717) is 5.01 Å². The molecule has 7 heteroatoms. The van der Waals surface area contributed by atoms with Crippen LogP contribution in [0.25, 0.3) is 0 Å². The number of carboxylic acids is 1. The van der Waals surface area contributed by atoms with E-state index in [9.17, 15) is 13.6 Å². The molecule has 0 aliphatic carbocycles. The monoisotopic (exact) mass is 299 g/mol. The van der Waals surface area contributed by atoms with Crippen molar-refractivity contribution in [3.05, 3.63) is 44.9 Å². The SMILES string of the molecule is Cc1nc(COc2c(F)cc(C(=O)O)cc2F)sc1C. The fourth-order valence-electron chi connectivity index (χ4n) is 1.56. The summed E-state index contributed by atoms with van der Waals surface area (Å²) in [7, 11) is 0. The van der Waals surface area contributed by atoms with Gasteiger partial charge < -0.3 is 9.84 Å². The van der Waals surface area contributed by atoms with Gasteiger partial charge in [0.05, 0.1) is 11.3 Å². The van der Waals surface area contributed by atoms with E-state index in [1.165, 1.54) is 11.3 Å². The van der Waals surface area contributed by atoms with Gasteiger partial charge in [-0.2, -0.15) is 0 Å². The number of nitrogens with zero attached hydrogens (tertiary/aromatic N) is 1. The molecule has 0 unspecified atom stereocenters. The topological polar surface area (TPSA) is 59.4 Å². The van der Waals surface area contributed by atoms with Crippen LogP contribution in [0, 0.1) is 25.5 Å². The first-order valence-electron chi connectivity index (χ1n) is 5.66. The zero-order chi connectivity index (χ0) is 14.9. The number of aromatic nitrogens is 1. The second-order valence-electron chi connectivity index (χ2n) is 4.11. The summed E-state index contributed by atoms with van der Waals surface area (Å²) in [5, 5.41) is 9.28. The van der Waals surface area contributed by atoms with Gasteiger partial charge in [0.15, 0.2) is 17.4 Å². The molecular formula is C13H11F2NO3S. The van der Waals surface area contributed by atoms with Crippen molar-refractivity contribution in [2.75, 3.05) is 0 Å². The van der Waals surface area contributed by atoms with Crippen LogP contribution in [0.4, 0.5) is 8.78 Å². The highest BCUT2D eigenvalue weighted by atomic mass is 32.1. The Hall–Kier alpha value is -2.02. The molecule has 1 aromatic carbocycles. The Labute approximate surface area is 117 Å². The minimum absolute atomic E-state index is 0.0698. The second kappa shape index (κ2) is 5.54. The number of aromatic carboxylic acids is 1. The van der Waals surface area contributed by atoms with E-state index in [2.05, 4.69) is 4.98 Å². The maximum atomic E-state index is 13.6. The lowest BCUT2D eigenvalue weighted by atomic mass is 10.2. The van der Waals surface area contributed by atoms with Crippen LogP contribution in [-0.4, -0.2) is 16.1 Å². The molecule has 0 fully saturated rings. The highest BCUT2D eigenvalue weighted by Gasteiger charge is 2.16. The second-order valence-corrected chi connectivity index (χ2v) is 5.40. The molecule has 0 spiro atoms. The molecule has 1 aromatic heterocycles. The first-order chi connectivity index (χ1) is 9.38. The van der Waals surface area contributed by atoms with Crippen LogP contribution in [0.1, 0.15) is 25.9 Å². The van der Waals surface area contributed by atoms with E-state index in [0.717, 1.165) is 22.7 Å². The predicted octanol–water partition coefficient (Wildman–Crippen LogP) is 3.32. The summed E-state index contributed by atoms with van der Waals surface area (Å²) in [6, 6.07) is 1.44. The molecule has 0 atom stereocenters. The van der Waals surface area contributed by atoms with Crippen LogP contribution >= 0.6 is 11.3 Å². The minimum Gasteiger partial charge on any atom is -0.480 e. The Morgan fingerprint density at radius 2 is 1.95 bits per heavy atom. The van der Waals surface area contributed by atoms with Gasteiger partial charge in [-0.3, -0.25) is 0 Å². The molecule has 1 N–H and O–H groups in total. The van der Waals surface area contributed by atoms with Gasteiger partial charge in [-0.1, -0.05) is 0 Å². The maximum Gasteiger partial charge on any atom is 0.335 e. The van der Waals surface area contributed by atoms with Crippen molar-refractivity contribution in [3.63, 3.8) is 0 Å². The van der Waals surface area contributed by atoms with Gasteiger partial charge >= 0.3 is 5.97 Å². The molecule has 1 heterocycles. The molecule has 2 rings (SSSR count). The molecule has 2 aromatic rings. The minimum atomic E-state index is -1.40. The van der Waals surface area contributed by atoms with E-state index in [1.807, 2.05) is 13.8 Å². The van der Waals surface area contributed by atoms with Crippen LogP contribution in [0.2, 0.25) is 0 Å². The van der Waals surface area contributed by atoms with Gasteiger partial charge in [0.1, 0.15) is 11.6 Å². The van der Waals surface area contributed by atoms with Gasteiger partial charge in [0.2, 0.25) is 0 Å². The quantitative estimate of drug-likeness (QED) is 0.941. The van der Waals surface area contributed by atoms with Gasteiger partial charge in [0.25, 0.3) is 0 Å². The fraction of sp³-hybridized carbons (Fsp3) is 0.231. The van der Waals surface area contributed by atoms with Crippen LogP contribution in [0.15, 0.2) is 12.1 Å². The zero-order valence-electron chi connectivity index (χ0n) is 10.7. The van der Waals surface area contributed by atoms with Crippen LogP contribution in [-0.2, 0) is 6.61 Å². The lowest BCUT2D eigenvalue weighted by Crippen LogP contribution is -2.03. The molecule has 0 radical (unpaired) electrons. The van der Waals surface area contributed by atoms with Gasteiger partial charge in [-0.25, -0.2) is 18.6 Å². The fourth-order valence-corrected chi connectivity index (χ4v) is 2.40. The lowest BCUT2D eigenvalue weighted by Gasteiger charge is -2.07. The van der Waals surface area contributed by atoms with E-state index in [1.54, 1.807) is 0 Å². The average molecular weight is 299 g/mol. The summed E-state index contributed by atoms with van der Waals surface area (Å²) in [4.78, 5) is 15.8. The zero-order valence-corrected chi connectivity index (χ0v) is 11.6. The predicted molar refractivity (Wildman–Crippen MR) is 69.2 cm³/mol. The number of aryl methyl sites for hydroxylation is 2. The first-order valence-corrected chi connectivity index (χ1v) is 6.48. The normalized spacial score (nSPS) is 10.6. The number of ether oxygens (including phenoxy) is 1. The smallest absolute Gasteiger partial charge is 0.335 e. The Morgan fingerprint density at radius 3 is 2.40 bits per heavy atom. The number of hydrogen-bond acceptors (Lipinski definition) is 4. The number of benzene rings is 1. The number of carboxylic acid groups (broad SMARTS) is 1. The Morgan fingerprint density at radius 1 is 1.35 bits per heavy atom. The molecule has 0 amide bonds. The molecule has 106 valence electrons. The molecule has 0 saturated carbocycles. The Balaban J connectivity index is 2.19. The summed E-state index contributed by atoms with van der Waals surface area (Å²) >= 11 is 1.38. The van der Waals surface area contributed by atoms with Crippen LogP contribution in [0.3, 0.4) is 0 Å². The van der Waals surface area contributed by atoms with Crippen molar-refractivity contribution in [2.45, 2.75) is 20.5 Å². The third-order valence-corrected chi connectivity index (χ3v) is 3.70. The van der Waals surface area contributed by atoms with Crippen molar-refractivity contribution in [3.8, 4) is 5.75 Å². The average Bonchev–Trinajstić information content (AvgIpc) is 2.67. The molecule has 0 saturated heterocycles. The van der Waals surface area contributed by atoms with Crippen molar-refractivity contribution < 1.29 is 23.4 Å². The largest absolute Gasteiger partial charge is 0.480 e. The lowest BCUT2D eigenvalue weighted by molar-refractivity contribution is 0.0695. The van der Waals surface area contributed by atoms with E-state index >= 15 is 0 Å². The first kappa shape index (κ1) is 14.4. The van der Waals surface area contributed by atoms with Gasteiger partial charge in [-0.15, -0.1) is 11.3 Å². The summed E-state index contributed by atoms with van der Waals surface area (Å²) < 4.78 is 32.3. The highest BCUT2D eigenvalue weighted by Crippen LogP contribution is 2.25. The number of halogens is 2. The molecule has 20 heavy (non-hydrogen) atoms. The summed E-state index contributed by atoms with van der Waals surface area (Å²) in [5.74, 6) is -4.10. The Bertz CT molecular complexity index is 627. The van der Waals surface area contributed by atoms with Crippen molar-refractivity contribution in [2.24, 2.45) is 0 Å². The van der Waals surface area contributed by atoms with Crippen LogP contribution < -0.4 is 4.74 Å². The number of rotatable bonds is 4. The van der Waals surface area contributed by atoms with E-state index in [-0.39, 0.29) is 6.61 Å². The number of carbonyl (C=O) groups is 1. The molecule has 4 nitrogen and oxygen atoms in total. The van der Waals surface area contributed by atoms with Crippen molar-refractivity contribution in [1.29, 1.82) is 0 Å². The van der Waals surface area contributed by atoms with Crippen molar-refractivity contribution >= 4 is 17.3 Å². The number of hydrogen-bond donors (Lipinski definition) is 1. The molecule has 0 aliphatic heterocycles. The third kappa shape index (κ3) is 2.93. The maximum absolute atomic E-state index is 13.6. The van der Waals surface area contributed by atoms with Crippen LogP contribution in [0.5, 0.6) is 5.75 Å². The highest BCUT2D eigenvalue weighted by molar-refractivity contribution is 7.11. The molecular weight excluding hydrogens is 288 g/mol. The summed E-state index contributed by atoms with van der Waals surface area (Å²) in [6.45, 7) is 3.65.